The smallest absolute Gasteiger partial charge is 0.321 e. The Bertz CT molecular complexity index is 747. The SMILES string of the molecule is CCNC(=O)NC(=O)C[NH2+][C@@H](c1ccc(CC)cc1)c1cccc(F)c1. The first-order chi connectivity index (χ1) is 12.5. The summed E-state index contributed by atoms with van der Waals surface area (Å²) < 4.78 is 13.7. The van der Waals surface area contributed by atoms with E-state index in [-0.39, 0.29) is 18.4 Å². The number of amides is 3. The Kier molecular flexibility index (Phi) is 7.29. The molecule has 5 nitrogen and oxygen atoms in total. The highest BCUT2D eigenvalue weighted by molar-refractivity contribution is 5.94. The molecule has 0 radical (unpaired) electrons. The monoisotopic (exact) mass is 358 g/mol. The standard InChI is InChI=1S/C20H24FN3O2/c1-3-14-8-10-15(11-9-14)19(16-6-5-7-17(21)12-16)23-13-18(25)24-20(26)22-4-2/h5-12,19,23H,3-4,13H2,1-2H3,(H2,22,24,25,26)/p+1/t19-/m0/s1. The number of aryl methyl sites for hydroxylation is 1. The summed E-state index contributed by atoms with van der Waals surface area (Å²) in [6.07, 6.45) is 0.934. The molecule has 4 N–H and O–H groups in total. The Labute approximate surface area is 153 Å². The summed E-state index contributed by atoms with van der Waals surface area (Å²) in [6.45, 7) is 4.35. The number of rotatable bonds is 7. The van der Waals surface area contributed by atoms with Gasteiger partial charge in [-0.2, -0.15) is 0 Å². The molecule has 0 aliphatic carbocycles. The third kappa shape index (κ3) is 5.67. The van der Waals surface area contributed by atoms with Gasteiger partial charge in [-0.1, -0.05) is 43.3 Å². The number of carbonyl (C=O) groups is 2. The van der Waals surface area contributed by atoms with Gasteiger partial charge in [0, 0.05) is 17.7 Å². The molecule has 138 valence electrons. The van der Waals surface area contributed by atoms with Gasteiger partial charge in [-0.15, -0.1) is 0 Å². The van der Waals surface area contributed by atoms with E-state index < -0.39 is 11.9 Å². The van der Waals surface area contributed by atoms with Crippen molar-refractivity contribution in [1.29, 1.82) is 0 Å². The third-order valence-corrected chi connectivity index (χ3v) is 4.08. The van der Waals surface area contributed by atoms with Crippen LogP contribution in [0.5, 0.6) is 0 Å². The Morgan fingerprint density at radius 3 is 2.42 bits per heavy atom. The van der Waals surface area contributed by atoms with Crippen LogP contribution in [0, 0.1) is 5.82 Å². The lowest BCUT2D eigenvalue weighted by Gasteiger charge is -2.17. The molecule has 0 unspecified atom stereocenters. The molecule has 2 aromatic rings. The van der Waals surface area contributed by atoms with E-state index in [9.17, 15) is 14.0 Å². The second-order valence-corrected chi connectivity index (χ2v) is 5.98. The van der Waals surface area contributed by atoms with Crippen molar-refractivity contribution in [3.63, 3.8) is 0 Å². The number of nitrogens with one attached hydrogen (secondary N) is 2. The summed E-state index contributed by atoms with van der Waals surface area (Å²) in [5.41, 5.74) is 2.94. The molecule has 6 heteroatoms. The van der Waals surface area contributed by atoms with Crippen molar-refractivity contribution < 1.29 is 19.3 Å². The number of halogens is 1. The summed E-state index contributed by atoms with van der Waals surface area (Å²) in [7, 11) is 0. The molecule has 1 atom stereocenters. The lowest BCUT2D eigenvalue weighted by atomic mass is 9.97. The molecule has 0 saturated heterocycles. The maximum atomic E-state index is 13.7. The number of hydrogen-bond acceptors (Lipinski definition) is 2. The first-order valence-electron chi connectivity index (χ1n) is 8.78. The number of imide groups is 1. The maximum absolute atomic E-state index is 13.7. The van der Waals surface area contributed by atoms with Gasteiger partial charge in [0.2, 0.25) is 0 Å². The van der Waals surface area contributed by atoms with Gasteiger partial charge in [0.05, 0.1) is 0 Å². The van der Waals surface area contributed by atoms with Crippen LogP contribution in [0.3, 0.4) is 0 Å². The minimum atomic E-state index is -0.513. The summed E-state index contributed by atoms with van der Waals surface area (Å²) >= 11 is 0. The van der Waals surface area contributed by atoms with Crippen molar-refractivity contribution in [2.75, 3.05) is 13.1 Å². The van der Waals surface area contributed by atoms with Crippen molar-refractivity contribution in [2.24, 2.45) is 0 Å². The molecule has 0 fully saturated rings. The second kappa shape index (κ2) is 9.68. The minimum Gasteiger partial charge on any atom is -0.338 e. The van der Waals surface area contributed by atoms with Crippen LogP contribution in [0.15, 0.2) is 48.5 Å². The van der Waals surface area contributed by atoms with Gasteiger partial charge in [-0.25, -0.2) is 9.18 Å². The van der Waals surface area contributed by atoms with Gasteiger partial charge in [0.15, 0.2) is 6.54 Å². The lowest BCUT2D eigenvalue weighted by Crippen LogP contribution is -2.88. The van der Waals surface area contributed by atoms with Crippen molar-refractivity contribution in [3.05, 3.63) is 71.0 Å². The molecule has 0 saturated carbocycles. The largest absolute Gasteiger partial charge is 0.338 e. The predicted octanol–water partition coefficient (Wildman–Crippen LogP) is 1.89. The van der Waals surface area contributed by atoms with E-state index in [0.717, 1.165) is 17.5 Å². The number of hydrogen-bond donors (Lipinski definition) is 3. The van der Waals surface area contributed by atoms with Gasteiger partial charge in [0.1, 0.15) is 11.9 Å². The number of quaternary nitrogens is 1. The van der Waals surface area contributed by atoms with E-state index in [1.165, 1.54) is 17.7 Å². The quantitative estimate of drug-likeness (QED) is 0.707. The highest BCUT2D eigenvalue weighted by Gasteiger charge is 2.20. The van der Waals surface area contributed by atoms with Crippen molar-refractivity contribution in [1.82, 2.24) is 10.6 Å². The van der Waals surface area contributed by atoms with Crippen LogP contribution in [0.1, 0.15) is 36.6 Å². The predicted molar refractivity (Wildman–Crippen MR) is 98.1 cm³/mol. The van der Waals surface area contributed by atoms with Crippen LogP contribution < -0.4 is 16.0 Å². The fourth-order valence-corrected chi connectivity index (χ4v) is 2.73. The second-order valence-electron chi connectivity index (χ2n) is 5.98. The van der Waals surface area contributed by atoms with Gasteiger partial charge in [-0.3, -0.25) is 10.1 Å². The van der Waals surface area contributed by atoms with Crippen LogP contribution in [0.2, 0.25) is 0 Å². The van der Waals surface area contributed by atoms with Crippen LogP contribution in [-0.2, 0) is 11.2 Å². The van der Waals surface area contributed by atoms with Gasteiger partial charge in [0.25, 0.3) is 5.91 Å². The molecular formula is C20H25FN3O2+. The van der Waals surface area contributed by atoms with E-state index in [2.05, 4.69) is 17.6 Å². The number of urea groups is 1. The van der Waals surface area contributed by atoms with Crippen LogP contribution in [0.4, 0.5) is 9.18 Å². The molecule has 2 rings (SSSR count). The van der Waals surface area contributed by atoms with Crippen molar-refractivity contribution in [2.45, 2.75) is 26.3 Å². The Balaban J connectivity index is 2.15. The van der Waals surface area contributed by atoms with E-state index >= 15 is 0 Å². The Morgan fingerprint density at radius 1 is 1.08 bits per heavy atom. The fourth-order valence-electron chi connectivity index (χ4n) is 2.73. The van der Waals surface area contributed by atoms with Gasteiger partial charge >= 0.3 is 6.03 Å². The molecule has 0 aromatic heterocycles. The molecule has 0 spiro atoms. The fraction of sp³-hybridized carbons (Fsp3) is 0.300. The molecule has 0 aliphatic rings. The Hall–Kier alpha value is -2.73. The molecule has 26 heavy (non-hydrogen) atoms. The van der Waals surface area contributed by atoms with E-state index in [0.29, 0.717) is 6.54 Å². The molecular weight excluding hydrogens is 333 g/mol. The highest BCUT2D eigenvalue weighted by Crippen LogP contribution is 2.20. The summed E-state index contributed by atoms with van der Waals surface area (Å²) in [5, 5.41) is 6.58. The maximum Gasteiger partial charge on any atom is 0.321 e. The molecule has 0 bridgehead atoms. The highest BCUT2D eigenvalue weighted by atomic mass is 19.1. The Morgan fingerprint density at radius 2 is 1.81 bits per heavy atom. The van der Waals surface area contributed by atoms with Crippen molar-refractivity contribution >= 4 is 11.9 Å². The topological polar surface area (TPSA) is 74.8 Å². The number of nitrogens with two attached hydrogens (primary N) is 1. The number of benzene rings is 2. The van der Waals surface area contributed by atoms with E-state index in [1.807, 2.05) is 30.3 Å². The molecule has 3 amide bonds. The van der Waals surface area contributed by atoms with Crippen LogP contribution in [0.25, 0.3) is 0 Å². The summed E-state index contributed by atoms with van der Waals surface area (Å²) in [4.78, 5) is 23.4. The molecule has 2 aromatic carbocycles. The normalized spacial score (nSPS) is 11.7. The minimum absolute atomic E-state index is 0.0494. The molecule has 0 aliphatic heterocycles. The van der Waals surface area contributed by atoms with Crippen molar-refractivity contribution in [3.8, 4) is 0 Å². The van der Waals surface area contributed by atoms with Gasteiger partial charge < -0.3 is 10.6 Å². The number of carbonyl (C=O) groups excluding carboxylic acids is 2. The van der Waals surface area contributed by atoms with Gasteiger partial charge in [-0.05, 0) is 31.0 Å². The third-order valence-electron chi connectivity index (χ3n) is 4.08. The molecule has 0 heterocycles. The zero-order valence-electron chi connectivity index (χ0n) is 15.1. The van der Waals surface area contributed by atoms with E-state index in [1.54, 1.807) is 18.3 Å². The lowest BCUT2D eigenvalue weighted by molar-refractivity contribution is -0.676. The zero-order chi connectivity index (χ0) is 18.9. The average molecular weight is 358 g/mol. The van der Waals surface area contributed by atoms with E-state index in [4.69, 9.17) is 0 Å². The average Bonchev–Trinajstić information content (AvgIpc) is 2.62. The zero-order valence-corrected chi connectivity index (χ0v) is 15.1. The first-order valence-corrected chi connectivity index (χ1v) is 8.78. The van der Waals surface area contributed by atoms with Crippen LogP contribution >= 0.6 is 0 Å². The first kappa shape index (κ1) is 19.6. The summed E-state index contributed by atoms with van der Waals surface area (Å²) in [5.74, 6) is -0.722. The summed E-state index contributed by atoms with van der Waals surface area (Å²) in [6, 6.07) is 13.6. The van der Waals surface area contributed by atoms with Crippen LogP contribution in [-0.4, -0.2) is 25.0 Å².